The molecule has 0 aliphatic carbocycles. The number of hydrogen-bond donors (Lipinski definition) is 2. The second kappa shape index (κ2) is 8.15. The highest BCUT2D eigenvalue weighted by Gasteiger charge is 2.28. The molecular formula is C18H17F3N4O3. The Hall–Kier alpha value is -3.30. The van der Waals surface area contributed by atoms with Crippen molar-refractivity contribution < 1.29 is 22.9 Å². The number of para-hydroxylation sites is 2. The van der Waals surface area contributed by atoms with Crippen LogP contribution < -0.4 is 15.8 Å². The van der Waals surface area contributed by atoms with Crippen LogP contribution in [0.15, 0.2) is 36.4 Å². The number of carbonyl (C=O) groups excluding carboxylic acids is 1. The van der Waals surface area contributed by atoms with E-state index in [-0.39, 0.29) is 11.4 Å². The lowest BCUT2D eigenvalue weighted by molar-refractivity contribution is -0.384. The van der Waals surface area contributed by atoms with Gasteiger partial charge in [0.1, 0.15) is 5.69 Å². The summed E-state index contributed by atoms with van der Waals surface area (Å²) in [5.41, 5.74) is 4.67. The molecule has 28 heavy (non-hydrogen) atoms. The summed E-state index contributed by atoms with van der Waals surface area (Å²) in [5.74, 6) is -5.20. The molecule has 1 amide bonds. The molecule has 2 aromatic carbocycles. The van der Waals surface area contributed by atoms with Crippen LogP contribution in [-0.4, -0.2) is 23.9 Å². The second-order valence-electron chi connectivity index (χ2n) is 6.34. The predicted molar refractivity (Wildman–Crippen MR) is 96.1 cm³/mol. The van der Waals surface area contributed by atoms with E-state index < -0.39 is 34.2 Å². The molecule has 0 atom stereocenters. The number of amides is 1. The summed E-state index contributed by atoms with van der Waals surface area (Å²) in [6, 6.07) is 8.11. The van der Waals surface area contributed by atoms with Crippen molar-refractivity contribution in [1.29, 1.82) is 0 Å². The summed E-state index contributed by atoms with van der Waals surface area (Å²) in [5, 5.41) is 11.2. The van der Waals surface area contributed by atoms with Crippen molar-refractivity contribution in [3.8, 4) is 0 Å². The van der Waals surface area contributed by atoms with Crippen molar-refractivity contribution in [2.45, 2.75) is 12.8 Å². The first kappa shape index (κ1) is 19.5. The molecule has 0 saturated carbocycles. The molecule has 0 radical (unpaired) electrons. The largest absolute Gasteiger partial charge is 0.366 e. The van der Waals surface area contributed by atoms with E-state index in [0.29, 0.717) is 31.6 Å². The van der Waals surface area contributed by atoms with Crippen LogP contribution in [0.1, 0.15) is 12.8 Å². The summed E-state index contributed by atoms with van der Waals surface area (Å²) in [6.07, 6.45) is 0.861. The zero-order chi connectivity index (χ0) is 20.3. The Balaban J connectivity index is 1.57. The normalized spacial score (nSPS) is 14.6. The Morgan fingerprint density at radius 2 is 1.75 bits per heavy atom. The molecule has 0 unspecified atom stereocenters. The molecule has 0 spiro atoms. The number of nitro groups is 1. The number of nitro benzene ring substituents is 1. The maximum Gasteiger partial charge on any atom is 0.292 e. The third kappa shape index (κ3) is 4.00. The number of nitrogens with zero attached hydrogens (tertiary/aromatic N) is 2. The fourth-order valence-corrected chi connectivity index (χ4v) is 3.12. The zero-order valence-electron chi connectivity index (χ0n) is 14.6. The van der Waals surface area contributed by atoms with Gasteiger partial charge in [-0.05, 0) is 31.0 Å². The number of piperidine rings is 1. The monoisotopic (exact) mass is 394 g/mol. The maximum absolute atomic E-state index is 13.6. The zero-order valence-corrected chi connectivity index (χ0v) is 14.6. The lowest BCUT2D eigenvalue weighted by Gasteiger charge is -2.32. The molecule has 148 valence electrons. The lowest BCUT2D eigenvalue weighted by Crippen LogP contribution is -2.42. The van der Waals surface area contributed by atoms with Crippen molar-refractivity contribution in [2.24, 2.45) is 5.92 Å². The summed E-state index contributed by atoms with van der Waals surface area (Å²) >= 11 is 0. The van der Waals surface area contributed by atoms with Crippen LogP contribution in [-0.2, 0) is 4.79 Å². The van der Waals surface area contributed by atoms with Crippen LogP contribution >= 0.6 is 0 Å². The Morgan fingerprint density at radius 3 is 2.43 bits per heavy atom. The van der Waals surface area contributed by atoms with Crippen molar-refractivity contribution in [2.75, 3.05) is 23.4 Å². The highest BCUT2D eigenvalue weighted by Crippen LogP contribution is 2.31. The SMILES string of the molecule is O=C(NNc1ccc(F)c(F)c1F)C1CCN(c2ccccc2[N+](=O)[O-])CC1. The van der Waals surface area contributed by atoms with Gasteiger partial charge in [-0.2, -0.15) is 0 Å². The average molecular weight is 394 g/mol. The molecule has 1 heterocycles. The lowest BCUT2D eigenvalue weighted by atomic mass is 9.95. The van der Waals surface area contributed by atoms with Crippen LogP contribution in [0.3, 0.4) is 0 Å². The van der Waals surface area contributed by atoms with E-state index in [1.165, 1.54) is 6.07 Å². The molecule has 3 rings (SSSR count). The van der Waals surface area contributed by atoms with Gasteiger partial charge in [0, 0.05) is 25.1 Å². The highest BCUT2D eigenvalue weighted by molar-refractivity contribution is 5.80. The van der Waals surface area contributed by atoms with Crippen LogP contribution in [0, 0.1) is 33.5 Å². The first-order chi connectivity index (χ1) is 13.4. The van der Waals surface area contributed by atoms with Crippen LogP contribution in [0.5, 0.6) is 0 Å². The predicted octanol–water partition coefficient (Wildman–Crippen LogP) is 3.37. The first-order valence-corrected chi connectivity index (χ1v) is 8.56. The molecule has 1 saturated heterocycles. The summed E-state index contributed by atoms with van der Waals surface area (Å²) in [4.78, 5) is 24.8. The molecular weight excluding hydrogens is 377 g/mol. The topological polar surface area (TPSA) is 87.5 Å². The van der Waals surface area contributed by atoms with E-state index in [9.17, 15) is 28.1 Å². The van der Waals surface area contributed by atoms with Crippen molar-refractivity contribution in [3.05, 3.63) is 64.0 Å². The Kier molecular flexibility index (Phi) is 5.67. The van der Waals surface area contributed by atoms with Gasteiger partial charge in [0.15, 0.2) is 17.5 Å². The minimum Gasteiger partial charge on any atom is -0.366 e. The molecule has 7 nitrogen and oxygen atoms in total. The number of hydrogen-bond acceptors (Lipinski definition) is 5. The highest BCUT2D eigenvalue weighted by atomic mass is 19.2. The number of benzene rings is 2. The maximum atomic E-state index is 13.6. The van der Waals surface area contributed by atoms with E-state index in [4.69, 9.17) is 0 Å². The molecule has 0 bridgehead atoms. The van der Waals surface area contributed by atoms with Gasteiger partial charge in [0.25, 0.3) is 5.69 Å². The van der Waals surface area contributed by atoms with Crippen molar-refractivity contribution in [1.82, 2.24) is 5.43 Å². The molecule has 2 N–H and O–H groups in total. The van der Waals surface area contributed by atoms with Gasteiger partial charge >= 0.3 is 0 Å². The van der Waals surface area contributed by atoms with E-state index in [1.807, 2.05) is 4.90 Å². The van der Waals surface area contributed by atoms with Gasteiger partial charge in [0.2, 0.25) is 5.91 Å². The number of anilines is 2. The molecule has 2 aromatic rings. The average Bonchev–Trinajstić information content (AvgIpc) is 2.71. The fraction of sp³-hybridized carbons (Fsp3) is 0.278. The number of hydrazine groups is 1. The molecule has 10 heteroatoms. The third-order valence-electron chi connectivity index (χ3n) is 4.64. The van der Waals surface area contributed by atoms with E-state index in [0.717, 1.165) is 12.1 Å². The van der Waals surface area contributed by atoms with Crippen LogP contribution in [0.25, 0.3) is 0 Å². The number of rotatable bonds is 5. The van der Waals surface area contributed by atoms with E-state index in [1.54, 1.807) is 18.2 Å². The van der Waals surface area contributed by atoms with E-state index in [2.05, 4.69) is 10.9 Å². The van der Waals surface area contributed by atoms with E-state index >= 15 is 0 Å². The van der Waals surface area contributed by atoms with Crippen molar-refractivity contribution >= 4 is 23.0 Å². The molecule has 0 aromatic heterocycles. The first-order valence-electron chi connectivity index (χ1n) is 8.56. The minimum absolute atomic E-state index is 0.000815. The standard InChI is InChI=1S/C18H17F3N4O3/c19-12-5-6-13(17(21)16(12)20)22-23-18(26)11-7-9-24(10-8-11)14-3-1-2-4-15(14)25(27)28/h1-6,11,22H,7-10H2,(H,23,26). The van der Waals surface area contributed by atoms with Gasteiger partial charge in [-0.3, -0.25) is 25.8 Å². The van der Waals surface area contributed by atoms with Gasteiger partial charge in [-0.1, -0.05) is 12.1 Å². The Morgan fingerprint density at radius 1 is 1.07 bits per heavy atom. The molecule has 1 aliphatic heterocycles. The molecule has 1 fully saturated rings. The van der Waals surface area contributed by atoms with Gasteiger partial charge in [0.05, 0.1) is 10.6 Å². The third-order valence-corrected chi connectivity index (χ3v) is 4.64. The van der Waals surface area contributed by atoms with Gasteiger partial charge < -0.3 is 4.90 Å². The summed E-state index contributed by atoms with van der Waals surface area (Å²) < 4.78 is 39.7. The summed E-state index contributed by atoms with van der Waals surface area (Å²) in [6.45, 7) is 0.866. The number of halogens is 3. The second-order valence-corrected chi connectivity index (χ2v) is 6.34. The van der Waals surface area contributed by atoms with Crippen LogP contribution in [0.2, 0.25) is 0 Å². The number of carbonyl (C=O) groups is 1. The molecule has 1 aliphatic rings. The quantitative estimate of drug-likeness (QED) is 0.461. The van der Waals surface area contributed by atoms with Gasteiger partial charge in [-0.15, -0.1) is 0 Å². The fourth-order valence-electron chi connectivity index (χ4n) is 3.12. The van der Waals surface area contributed by atoms with Gasteiger partial charge in [-0.25, -0.2) is 13.2 Å². The Bertz CT molecular complexity index is 902. The minimum atomic E-state index is -1.63. The number of nitrogens with one attached hydrogen (secondary N) is 2. The summed E-state index contributed by atoms with van der Waals surface area (Å²) in [7, 11) is 0. The van der Waals surface area contributed by atoms with Crippen molar-refractivity contribution in [3.63, 3.8) is 0 Å². The smallest absolute Gasteiger partial charge is 0.292 e. The Labute approximate surface area is 158 Å². The van der Waals surface area contributed by atoms with Crippen LogP contribution in [0.4, 0.5) is 30.2 Å².